The smallest absolute Gasteiger partial charge is 0.244 e. The number of amides is 1. The Balaban J connectivity index is 1.53. The van der Waals surface area contributed by atoms with Gasteiger partial charge in [0.1, 0.15) is 12.1 Å². The van der Waals surface area contributed by atoms with Crippen molar-refractivity contribution in [2.45, 2.75) is 25.3 Å². The zero-order valence-corrected chi connectivity index (χ0v) is 11.0. The number of hydrogen-bond donors (Lipinski definition) is 1. The Hall–Kier alpha value is -2.43. The molecule has 3 rings (SSSR count). The Labute approximate surface area is 116 Å². The van der Waals surface area contributed by atoms with Crippen molar-refractivity contribution in [3.63, 3.8) is 0 Å². The number of hydrogen-bond acceptors (Lipinski definition) is 4. The molecule has 1 amide bonds. The second-order valence-corrected chi connectivity index (χ2v) is 4.78. The van der Waals surface area contributed by atoms with E-state index in [1.165, 1.54) is 18.9 Å². The fraction of sp³-hybridized carbons (Fsp3) is 0.267. The SMILES string of the molecule is O=C(C=Cc1ccco1)NCc1cc(C2CC2)ncn1. The molecular weight excluding hydrogens is 254 g/mol. The third kappa shape index (κ3) is 3.32. The van der Waals surface area contributed by atoms with E-state index in [0.717, 1.165) is 11.4 Å². The number of furan rings is 1. The van der Waals surface area contributed by atoms with Crippen molar-refractivity contribution >= 4 is 12.0 Å². The van der Waals surface area contributed by atoms with Gasteiger partial charge in [0, 0.05) is 17.7 Å². The molecule has 2 aromatic rings. The van der Waals surface area contributed by atoms with Crippen LogP contribution in [-0.2, 0) is 11.3 Å². The molecule has 0 atom stereocenters. The molecule has 0 saturated heterocycles. The van der Waals surface area contributed by atoms with Gasteiger partial charge in [0.05, 0.1) is 18.5 Å². The van der Waals surface area contributed by atoms with Crippen LogP contribution < -0.4 is 5.32 Å². The second-order valence-electron chi connectivity index (χ2n) is 4.78. The minimum atomic E-state index is -0.173. The van der Waals surface area contributed by atoms with E-state index in [9.17, 15) is 4.79 Å². The van der Waals surface area contributed by atoms with Crippen LogP contribution in [0.4, 0.5) is 0 Å². The van der Waals surface area contributed by atoms with Gasteiger partial charge in [-0.15, -0.1) is 0 Å². The van der Waals surface area contributed by atoms with Gasteiger partial charge in [-0.25, -0.2) is 9.97 Å². The largest absolute Gasteiger partial charge is 0.465 e. The van der Waals surface area contributed by atoms with Crippen molar-refractivity contribution in [2.75, 3.05) is 0 Å². The number of aromatic nitrogens is 2. The van der Waals surface area contributed by atoms with Crippen LogP contribution in [0.5, 0.6) is 0 Å². The Morgan fingerprint density at radius 2 is 2.35 bits per heavy atom. The minimum Gasteiger partial charge on any atom is -0.465 e. The van der Waals surface area contributed by atoms with Crippen LogP contribution in [0.3, 0.4) is 0 Å². The third-order valence-electron chi connectivity index (χ3n) is 3.13. The van der Waals surface area contributed by atoms with Crippen molar-refractivity contribution in [3.05, 3.63) is 54.0 Å². The molecule has 0 aromatic carbocycles. The molecule has 0 bridgehead atoms. The maximum atomic E-state index is 11.7. The molecule has 5 nitrogen and oxygen atoms in total. The first-order valence-electron chi connectivity index (χ1n) is 6.61. The second kappa shape index (κ2) is 5.69. The summed E-state index contributed by atoms with van der Waals surface area (Å²) in [5, 5.41) is 2.79. The highest BCUT2D eigenvalue weighted by Crippen LogP contribution is 2.38. The Kier molecular flexibility index (Phi) is 3.58. The molecular formula is C15H15N3O2. The molecule has 1 N–H and O–H groups in total. The predicted octanol–water partition coefficient (Wildman–Crippen LogP) is 2.28. The molecule has 0 aliphatic heterocycles. The van der Waals surface area contributed by atoms with Gasteiger partial charge >= 0.3 is 0 Å². The summed E-state index contributed by atoms with van der Waals surface area (Å²) in [6, 6.07) is 5.53. The van der Waals surface area contributed by atoms with E-state index in [2.05, 4.69) is 15.3 Å². The molecule has 0 unspecified atom stereocenters. The van der Waals surface area contributed by atoms with Gasteiger partial charge in [-0.1, -0.05) is 0 Å². The normalized spacial score (nSPS) is 14.6. The molecule has 1 saturated carbocycles. The van der Waals surface area contributed by atoms with Crippen molar-refractivity contribution in [1.29, 1.82) is 0 Å². The monoisotopic (exact) mass is 269 g/mol. The van der Waals surface area contributed by atoms with Gasteiger partial charge in [-0.2, -0.15) is 0 Å². The van der Waals surface area contributed by atoms with Gasteiger partial charge in [0.15, 0.2) is 0 Å². The molecule has 2 aromatic heterocycles. The van der Waals surface area contributed by atoms with Crippen LogP contribution in [0.25, 0.3) is 6.08 Å². The summed E-state index contributed by atoms with van der Waals surface area (Å²) in [7, 11) is 0. The predicted molar refractivity (Wildman–Crippen MR) is 73.6 cm³/mol. The van der Waals surface area contributed by atoms with E-state index in [-0.39, 0.29) is 5.91 Å². The fourth-order valence-corrected chi connectivity index (χ4v) is 1.89. The van der Waals surface area contributed by atoms with E-state index in [4.69, 9.17) is 4.42 Å². The lowest BCUT2D eigenvalue weighted by atomic mass is 10.2. The van der Waals surface area contributed by atoms with Crippen LogP contribution in [0.15, 0.2) is 41.3 Å². The topological polar surface area (TPSA) is 68.0 Å². The summed E-state index contributed by atoms with van der Waals surface area (Å²) >= 11 is 0. The Bertz CT molecular complexity index is 616. The van der Waals surface area contributed by atoms with Gasteiger partial charge in [0.2, 0.25) is 5.91 Å². The third-order valence-corrected chi connectivity index (χ3v) is 3.13. The molecule has 20 heavy (non-hydrogen) atoms. The summed E-state index contributed by atoms with van der Waals surface area (Å²) in [5.41, 5.74) is 1.91. The van der Waals surface area contributed by atoms with Gasteiger partial charge in [-0.05, 0) is 37.1 Å². The zero-order valence-electron chi connectivity index (χ0n) is 11.0. The summed E-state index contributed by atoms with van der Waals surface area (Å²) in [5.74, 6) is 1.07. The number of carbonyl (C=O) groups is 1. The highest BCUT2D eigenvalue weighted by molar-refractivity contribution is 5.91. The van der Waals surface area contributed by atoms with Crippen molar-refractivity contribution < 1.29 is 9.21 Å². The molecule has 5 heteroatoms. The van der Waals surface area contributed by atoms with E-state index in [0.29, 0.717) is 18.2 Å². The molecule has 0 radical (unpaired) electrons. The molecule has 1 aliphatic rings. The standard InChI is InChI=1S/C15H15N3O2/c19-15(6-5-13-2-1-7-20-13)16-9-12-8-14(11-3-4-11)18-10-17-12/h1-2,5-8,10-11H,3-4,9H2,(H,16,19). The lowest BCUT2D eigenvalue weighted by molar-refractivity contribution is -0.116. The highest BCUT2D eigenvalue weighted by Gasteiger charge is 2.25. The molecule has 1 aliphatic carbocycles. The van der Waals surface area contributed by atoms with E-state index in [1.54, 1.807) is 30.8 Å². The van der Waals surface area contributed by atoms with Crippen molar-refractivity contribution in [1.82, 2.24) is 15.3 Å². The van der Waals surface area contributed by atoms with Crippen LogP contribution in [-0.4, -0.2) is 15.9 Å². The lowest BCUT2D eigenvalue weighted by Gasteiger charge is -2.03. The summed E-state index contributed by atoms with van der Waals surface area (Å²) < 4.78 is 5.11. The molecule has 1 fully saturated rings. The minimum absolute atomic E-state index is 0.173. The number of nitrogens with zero attached hydrogens (tertiary/aromatic N) is 2. The van der Waals surface area contributed by atoms with Gasteiger partial charge < -0.3 is 9.73 Å². The zero-order chi connectivity index (χ0) is 13.8. The first-order valence-corrected chi connectivity index (χ1v) is 6.61. The van der Waals surface area contributed by atoms with E-state index in [1.807, 2.05) is 6.07 Å². The maximum Gasteiger partial charge on any atom is 0.244 e. The number of carbonyl (C=O) groups excluding carboxylic acids is 1. The van der Waals surface area contributed by atoms with Crippen LogP contribution in [0, 0.1) is 0 Å². The Morgan fingerprint density at radius 1 is 1.45 bits per heavy atom. The summed E-state index contributed by atoms with van der Waals surface area (Å²) in [4.78, 5) is 20.1. The first-order chi connectivity index (χ1) is 9.81. The molecule has 2 heterocycles. The number of rotatable bonds is 5. The summed E-state index contributed by atoms with van der Waals surface area (Å²) in [6.45, 7) is 0.406. The van der Waals surface area contributed by atoms with Crippen molar-refractivity contribution in [2.24, 2.45) is 0 Å². The molecule has 102 valence electrons. The van der Waals surface area contributed by atoms with E-state index >= 15 is 0 Å². The van der Waals surface area contributed by atoms with Crippen LogP contribution in [0.1, 0.15) is 35.9 Å². The Morgan fingerprint density at radius 3 is 3.10 bits per heavy atom. The van der Waals surface area contributed by atoms with Gasteiger partial charge in [-0.3, -0.25) is 4.79 Å². The van der Waals surface area contributed by atoms with E-state index < -0.39 is 0 Å². The quantitative estimate of drug-likeness (QED) is 0.845. The van der Waals surface area contributed by atoms with Crippen molar-refractivity contribution in [3.8, 4) is 0 Å². The highest BCUT2D eigenvalue weighted by atomic mass is 16.3. The average Bonchev–Trinajstić information content (AvgIpc) is 3.20. The van der Waals surface area contributed by atoms with Crippen LogP contribution >= 0.6 is 0 Å². The fourth-order valence-electron chi connectivity index (χ4n) is 1.89. The molecule has 0 spiro atoms. The first kappa shape index (κ1) is 12.6. The lowest BCUT2D eigenvalue weighted by Crippen LogP contribution is -2.21. The summed E-state index contributed by atoms with van der Waals surface area (Å²) in [6.07, 6.45) is 8.61. The number of nitrogens with one attached hydrogen (secondary N) is 1. The maximum absolute atomic E-state index is 11.7. The average molecular weight is 269 g/mol. The van der Waals surface area contributed by atoms with Crippen LogP contribution in [0.2, 0.25) is 0 Å². The van der Waals surface area contributed by atoms with Gasteiger partial charge in [0.25, 0.3) is 0 Å².